The predicted molar refractivity (Wildman–Crippen MR) is 68.7 cm³/mol. The van der Waals surface area contributed by atoms with Crippen molar-refractivity contribution in [2.45, 2.75) is 19.8 Å². The highest BCUT2D eigenvalue weighted by Crippen LogP contribution is 2.22. The molecule has 0 aliphatic heterocycles. The van der Waals surface area contributed by atoms with E-state index in [2.05, 4.69) is 24.0 Å². The second-order valence-electron chi connectivity index (χ2n) is 3.74. The number of halogens is 1. The van der Waals surface area contributed by atoms with E-state index in [-0.39, 0.29) is 0 Å². The van der Waals surface area contributed by atoms with Gasteiger partial charge in [0.2, 0.25) is 0 Å². The zero-order chi connectivity index (χ0) is 11.4. The number of hydrogen-bond acceptors (Lipinski definition) is 1. The van der Waals surface area contributed by atoms with E-state index in [1.165, 1.54) is 0 Å². The predicted octanol–water partition coefficient (Wildman–Crippen LogP) is 4.35. The first-order valence-electron chi connectivity index (χ1n) is 5.52. The molecule has 0 N–H and O–H groups in total. The molecular weight excluding hydrogens is 218 g/mol. The minimum absolute atomic E-state index is 0.765. The SMILES string of the molecule is CCCc1nc(-c2ccccc2)ccc1Cl. The second-order valence-corrected chi connectivity index (χ2v) is 4.15. The molecule has 2 rings (SSSR count). The Kier molecular flexibility index (Phi) is 3.58. The topological polar surface area (TPSA) is 12.9 Å². The average Bonchev–Trinajstić information content (AvgIpc) is 2.33. The van der Waals surface area contributed by atoms with Crippen molar-refractivity contribution in [3.63, 3.8) is 0 Å². The van der Waals surface area contributed by atoms with Crippen molar-refractivity contribution in [3.05, 3.63) is 53.2 Å². The fourth-order valence-corrected chi connectivity index (χ4v) is 1.87. The van der Waals surface area contributed by atoms with Gasteiger partial charge >= 0.3 is 0 Å². The first-order valence-corrected chi connectivity index (χ1v) is 5.90. The van der Waals surface area contributed by atoms with Gasteiger partial charge in [0, 0.05) is 5.56 Å². The Morgan fingerprint density at radius 3 is 2.50 bits per heavy atom. The molecule has 0 fully saturated rings. The molecule has 1 heterocycles. The van der Waals surface area contributed by atoms with Gasteiger partial charge in [-0.05, 0) is 18.6 Å². The molecule has 0 unspecified atom stereocenters. The highest BCUT2D eigenvalue weighted by atomic mass is 35.5. The van der Waals surface area contributed by atoms with Crippen LogP contribution in [0.5, 0.6) is 0 Å². The number of aryl methyl sites for hydroxylation is 1. The third-order valence-electron chi connectivity index (χ3n) is 2.47. The lowest BCUT2D eigenvalue weighted by atomic mass is 10.1. The molecule has 0 aliphatic rings. The van der Waals surface area contributed by atoms with Crippen LogP contribution in [0.4, 0.5) is 0 Å². The summed E-state index contributed by atoms with van der Waals surface area (Å²) in [6.07, 6.45) is 1.99. The standard InChI is InChI=1S/C14H14ClN/c1-2-6-14-12(15)9-10-13(16-14)11-7-4-3-5-8-11/h3-5,7-10H,2,6H2,1H3. The molecule has 0 bridgehead atoms. The van der Waals surface area contributed by atoms with Crippen molar-refractivity contribution in [2.24, 2.45) is 0 Å². The van der Waals surface area contributed by atoms with Gasteiger partial charge in [-0.25, -0.2) is 0 Å². The summed E-state index contributed by atoms with van der Waals surface area (Å²) in [6, 6.07) is 14.1. The van der Waals surface area contributed by atoms with Crippen molar-refractivity contribution in [1.29, 1.82) is 0 Å². The molecule has 2 aromatic rings. The van der Waals surface area contributed by atoms with Gasteiger partial charge in [-0.15, -0.1) is 0 Å². The quantitative estimate of drug-likeness (QED) is 0.765. The third kappa shape index (κ3) is 2.42. The molecule has 0 amide bonds. The summed E-state index contributed by atoms with van der Waals surface area (Å²) in [5.74, 6) is 0. The second kappa shape index (κ2) is 5.13. The largest absolute Gasteiger partial charge is 0.251 e. The lowest BCUT2D eigenvalue weighted by Crippen LogP contribution is -1.93. The Bertz CT molecular complexity index is 465. The maximum Gasteiger partial charge on any atom is 0.0706 e. The van der Waals surface area contributed by atoms with Crippen molar-refractivity contribution in [1.82, 2.24) is 4.98 Å². The van der Waals surface area contributed by atoms with E-state index in [1.54, 1.807) is 0 Å². The first-order chi connectivity index (χ1) is 7.81. The van der Waals surface area contributed by atoms with Gasteiger partial charge in [0.25, 0.3) is 0 Å². The number of benzene rings is 1. The molecule has 0 aliphatic carbocycles. The summed E-state index contributed by atoms with van der Waals surface area (Å²) in [5, 5.41) is 0.765. The average molecular weight is 232 g/mol. The Hall–Kier alpha value is -1.34. The number of rotatable bonds is 3. The van der Waals surface area contributed by atoms with Crippen LogP contribution in [0.3, 0.4) is 0 Å². The Labute approximate surface area is 101 Å². The Morgan fingerprint density at radius 2 is 1.81 bits per heavy atom. The van der Waals surface area contributed by atoms with E-state index in [1.807, 2.05) is 30.3 Å². The third-order valence-corrected chi connectivity index (χ3v) is 2.82. The molecule has 16 heavy (non-hydrogen) atoms. The van der Waals surface area contributed by atoms with E-state index in [9.17, 15) is 0 Å². The summed E-state index contributed by atoms with van der Waals surface area (Å²) in [7, 11) is 0. The van der Waals surface area contributed by atoms with Gasteiger partial charge in [0.15, 0.2) is 0 Å². The fraction of sp³-hybridized carbons (Fsp3) is 0.214. The summed E-state index contributed by atoms with van der Waals surface area (Å²) in [4.78, 5) is 4.60. The monoisotopic (exact) mass is 231 g/mol. The summed E-state index contributed by atoms with van der Waals surface area (Å²) < 4.78 is 0. The van der Waals surface area contributed by atoms with Crippen LogP contribution in [-0.2, 0) is 6.42 Å². The lowest BCUT2D eigenvalue weighted by molar-refractivity contribution is 0.884. The number of aromatic nitrogens is 1. The minimum Gasteiger partial charge on any atom is -0.251 e. The molecule has 1 nitrogen and oxygen atoms in total. The zero-order valence-corrected chi connectivity index (χ0v) is 10.0. The molecule has 0 radical (unpaired) electrons. The lowest BCUT2D eigenvalue weighted by Gasteiger charge is -2.05. The molecule has 0 saturated heterocycles. The van der Waals surface area contributed by atoms with Crippen molar-refractivity contribution in [2.75, 3.05) is 0 Å². The van der Waals surface area contributed by atoms with Crippen LogP contribution >= 0.6 is 11.6 Å². The van der Waals surface area contributed by atoms with Gasteiger partial charge < -0.3 is 0 Å². The van der Waals surface area contributed by atoms with Gasteiger partial charge in [-0.1, -0.05) is 55.3 Å². The summed E-state index contributed by atoms with van der Waals surface area (Å²) in [5.41, 5.74) is 3.12. The maximum absolute atomic E-state index is 6.10. The molecule has 82 valence electrons. The van der Waals surface area contributed by atoms with Crippen LogP contribution < -0.4 is 0 Å². The van der Waals surface area contributed by atoms with E-state index in [0.717, 1.165) is 34.8 Å². The smallest absolute Gasteiger partial charge is 0.0706 e. The van der Waals surface area contributed by atoms with Crippen LogP contribution in [0.1, 0.15) is 19.0 Å². The van der Waals surface area contributed by atoms with Crippen LogP contribution in [0.2, 0.25) is 5.02 Å². The normalized spacial score (nSPS) is 10.4. The molecule has 1 aromatic carbocycles. The molecule has 2 heteroatoms. The molecular formula is C14H14ClN. The van der Waals surface area contributed by atoms with Crippen molar-refractivity contribution in [3.8, 4) is 11.3 Å². The maximum atomic E-state index is 6.10. The molecule has 0 saturated carbocycles. The van der Waals surface area contributed by atoms with Gasteiger partial charge in [-0.2, -0.15) is 0 Å². The summed E-state index contributed by atoms with van der Waals surface area (Å²) in [6.45, 7) is 2.13. The van der Waals surface area contributed by atoms with Crippen LogP contribution in [0, 0.1) is 0 Å². The van der Waals surface area contributed by atoms with Crippen LogP contribution in [0.25, 0.3) is 11.3 Å². The molecule has 0 atom stereocenters. The van der Waals surface area contributed by atoms with E-state index in [0.29, 0.717) is 0 Å². The highest BCUT2D eigenvalue weighted by Gasteiger charge is 2.04. The zero-order valence-electron chi connectivity index (χ0n) is 9.28. The van der Waals surface area contributed by atoms with Crippen LogP contribution in [0.15, 0.2) is 42.5 Å². The number of nitrogens with zero attached hydrogens (tertiary/aromatic N) is 1. The van der Waals surface area contributed by atoms with Gasteiger partial charge in [-0.3, -0.25) is 4.98 Å². The fourth-order valence-electron chi connectivity index (χ4n) is 1.67. The first kappa shape index (κ1) is 11.2. The number of pyridine rings is 1. The van der Waals surface area contributed by atoms with Crippen molar-refractivity contribution >= 4 is 11.6 Å². The van der Waals surface area contributed by atoms with E-state index in [4.69, 9.17) is 11.6 Å². The molecule has 0 spiro atoms. The van der Waals surface area contributed by atoms with E-state index < -0.39 is 0 Å². The highest BCUT2D eigenvalue weighted by molar-refractivity contribution is 6.31. The Morgan fingerprint density at radius 1 is 1.06 bits per heavy atom. The van der Waals surface area contributed by atoms with Crippen LogP contribution in [-0.4, -0.2) is 4.98 Å². The molecule has 1 aromatic heterocycles. The van der Waals surface area contributed by atoms with Gasteiger partial charge in [0.1, 0.15) is 0 Å². The van der Waals surface area contributed by atoms with Gasteiger partial charge in [0.05, 0.1) is 16.4 Å². The number of hydrogen-bond donors (Lipinski definition) is 0. The van der Waals surface area contributed by atoms with E-state index >= 15 is 0 Å². The summed E-state index contributed by atoms with van der Waals surface area (Å²) >= 11 is 6.10. The van der Waals surface area contributed by atoms with Crippen molar-refractivity contribution < 1.29 is 0 Å². The Balaban J connectivity index is 2.40. The minimum atomic E-state index is 0.765.